The molecule has 0 atom stereocenters. The number of hydrogen-bond acceptors (Lipinski definition) is 6. The van der Waals surface area contributed by atoms with Crippen LogP contribution in [0.2, 0.25) is 5.02 Å². The summed E-state index contributed by atoms with van der Waals surface area (Å²) in [5, 5.41) is 10.6. The number of carbonyl (C=O) groups excluding carboxylic acids is 1. The van der Waals surface area contributed by atoms with Crippen LogP contribution in [0.25, 0.3) is 16.9 Å². The third-order valence-corrected chi connectivity index (χ3v) is 4.80. The minimum atomic E-state index is -0.821. The number of nitrogen functional groups attached to an aromatic ring is 1. The summed E-state index contributed by atoms with van der Waals surface area (Å²) in [5.41, 5.74) is 6.57. The Hall–Kier alpha value is -4.05. The van der Waals surface area contributed by atoms with Crippen LogP contribution >= 0.6 is 11.6 Å². The number of carbonyl (C=O) groups is 1. The van der Waals surface area contributed by atoms with Crippen LogP contribution in [0.15, 0.2) is 55.0 Å². The molecule has 0 spiro atoms. The summed E-state index contributed by atoms with van der Waals surface area (Å²) in [4.78, 5) is 18.0. The van der Waals surface area contributed by atoms with E-state index in [4.69, 9.17) is 22.1 Å². The number of anilines is 2. The maximum absolute atomic E-state index is 14.9. The zero-order chi connectivity index (χ0) is 22.8. The van der Waals surface area contributed by atoms with Crippen molar-refractivity contribution < 1.29 is 18.3 Å². The van der Waals surface area contributed by atoms with Gasteiger partial charge in [-0.2, -0.15) is 10.2 Å². The van der Waals surface area contributed by atoms with Gasteiger partial charge in [-0.05, 0) is 36.4 Å². The number of benzene rings is 2. The molecule has 4 rings (SSSR count). The van der Waals surface area contributed by atoms with Gasteiger partial charge in [0.1, 0.15) is 17.4 Å². The van der Waals surface area contributed by atoms with E-state index in [-0.39, 0.29) is 39.1 Å². The summed E-state index contributed by atoms with van der Waals surface area (Å²) in [5.74, 6) is -1.64. The van der Waals surface area contributed by atoms with Crippen LogP contribution in [0, 0.1) is 11.6 Å². The number of methoxy groups -OCH3 is 1. The Kier molecular flexibility index (Phi) is 5.69. The fourth-order valence-corrected chi connectivity index (χ4v) is 3.30. The number of nitrogens with zero attached hydrogens (tertiary/aromatic N) is 4. The molecule has 0 saturated heterocycles. The Balaban J connectivity index is 1.64. The third-order valence-electron chi connectivity index (χ3n) is 4.53. The van der Waals surface area contributed by atoms with Crippen molar-refractivity contribution >= 4 is 28.9 Å². The van der Waals surface area contributed by atoms with Gasteiger partial charge in [-0.3, -0.25) is 4.79 Å². The number of ether oxygens (including phenoxy) is 1. The molecule has 11 heteroatoms. The van der Waals surface area contributed by atoms with E-state index in [0.29, 0.717) is 5.56 Å². The summed E-state index contributed by atoms with van der Waals surface area (Å²) >= 11 is 6.20. The summed E-state index contributed by atoms with van der Waals surface area (Å²) in [6.45, 7) is 0. The quantitative estimate of drug-likeness (QED) is 0.438. The van der Waals surface area contributed by atoms with E-state index < -0.39 is 17.5 Å². The Morgan fingerprint density at radius 3 is 2.53 bits per heavy atom. The second-order valence-corrected chi connectivity index (χ2v) is 6.97. The average Bonchev–Trinajstić information content (AvgIpc) is 3.28. The minimum absolute atomic E-state index is 0.104. The minimum Gasteiger partial charge on any atom is -0.496 e. The van der Waals surface area contributed by atoms with Crippen LogP contribution in [-0.2, 0) is 0 Å². The van der Waals surface area contributed by atoms with E-state index in [0.717, 1.165) is 12.1 Å². The number of pyridine rings is 1. The Labute approximate surface area is 185 Å². The van der Waals surface area contributed by atoms with Gasteiger partial charge in [0.25, 0.3) is 5.91 Å². The molecule has 0 unspecified atom stereocenters. The number of hydrogen-bond donors (Lipinski definition) is 2. The lowest BCUT2D eigenvalue weighted by Crippen LogP contribution is -2.15. The van der Waals surface area contributed by atoms with E-state index in [1.807, 2.05) is 0 Å². The molecule has 2 aromatic heterocycles. The lowest BCUT2D eigenvalue weighted by molar-refractivity contribution is 0.102. The van der Waals surface area contributed by atoms with E-state index in [1.54, 1.807) is 0 Å². The van der Waals surface area contributed by atoms with Gasteiger partial charge in [0.2, 0.25) is 0 Å². The molecule has 0 fully saturated rings. The van der Waals surface area contributed by atoms with Gasteiger partial charge >= 0.3 is 0 Å². The Morgan fingerprint density at radius 2 is 1.88 bits per heavy atom. The van der Waals surface area contributed by atoms with E-state index in [2.05, 4.69) is 20.5 Å². The van der Waals surface area contributed by atoms with Crippen molar-refractivity contribution in [1.29, 1.82) is 0 Å². The second kappa shape index (κ2) is 8.60. The molecule has 32 heavy (non-hydrogen) atoms. The molecule has 0 bridgehead atoms. The predicted octanol–water partition coefficient (Wildman–Crippen LogP) is 4.10. The molecule has 4 aromatic rings. The summed E-state index contributed by atoms with van der Waals surface area (Å²) in [6, 6.07) is 7.50. The lowest BCUT2D eigenvalue weighted by atomic mass is 10.00. The molecule has 8 nitrogen and oxygen atoms in total. The van der Waals surface area contributed by atoms with Crippen molar-refractivity contribution in [2.24, 2.45) is 0 Å². The van der Waals surface area contributed by atoms with Crippen LogP contribution in [0.1, 0.15) is 10.4 Å². The van der Waals surface area contributed by atoms with E-state index in [1.165, 1.54) is 54.8 Å². The maximum Gasteiger partial charge on any atom is 0.258 e. The molecule has 3 N–H and O–H groups in total. The lowest BCUT2D eigenvalue weighted by Gasteiger charge is -2.14. The molecule has 0 aliphatic rings. The SMILES string of the molecule is COc1cc(C(=O)Nc2cnc(-n3nccn3)c(Cl)c2)c(F)cc1-c1ccc(F)cc1N. The van der Waals surface area contributed by atoms with Crippen LogP contribution < -0.4 is 15.8 Å². The summed E-state index contributed by atoms with van der Waals surface area (Å²) < 4.78 is 33.5. The largest absolute Gasteiger partial charge is 0.496 e. The highest BCUT2D eigenvalue weighted by Crippen LogP contribution is 2.36. The average molecular weight is 457 g/mol. The number of aromatic nitrogens is 4. The number of nitrogens with one attached hydrogen (secondary N) is 1. The summed E-state index contributed by atoms with van der Waals surface area (Å²) in [7, 11) is 1.36. The van der Waals surface area contributed by atoms with Gasteiger partial charge in [-0.1, -0.05) is 11.6 Å². The zero-order valence-corrected chi connectivity index (χ0v) is 17.3. The van der Waals surface area contributed by atoms with Crippen molar-refractivity contribution in [2.75, 3.05) is 18.2 Å². The molecular formula is C21H15ClF2N6O2. The second-order valence-electron chi connectivity index (χ2n) is 6.57. The highest BCUT2D eigenvalue weighted by atomic mass is 35.5. The first kappa shape index (κ1) is 21.2. The van der Waals surface area contributed by atoms with Crippen LogP contribution in [0.3, 0.4) is 0 Å². The predicted molar refractivity (Wildman–Crippen MR) is 115 cm³/mol. The molecule has 0 aliphatic heterocycles. The molecule has 0 saturated carbocycles. The zero-order valence-electron chi connectivity index (χ0n) is 16.5. The maximum atomic E-state index is 14.9. The van der Waals surface area contributed by atoms with Crippen LogP contribution in [0.5, 0.6) is 5.75 Å². The number of rotatable bonds is 5. The first-order valence-corrected chi connectivity index (χ1v) is 9.51. The molecule has 0 aliphatic carbocycles. The van der Waals surface area contributed by atoms with Gasteiger partial charge in [0, 0.05) is 16.8 Å². The molecule has 2 aromatic carbocycles. The standard InChI is InChI=1S/C21H15ClF2N6O2/c1-32-19-9-15(17(24)8-14(19)13-3-2-11(23)6-18(13)25)21(31)29-12-7-16(22)20(26-10-12)30-27-4-5-28-30/h2-10H,25H2,1H3,(H,29,31). The van der Waals surface area contributed by atoms with Gasteiger partial charge in [-0.15, -0.1) is 4.80 Å². The van der Waals surface area contributed by atoms with Gasteiger partial charge in [0.05, 0.1) is 42.0 Å². The monoisotopic (exact) mass is 456 g/mol. The molecular weight excluding hydrogens is 442 g/mol. The highest BCUT2D eigenvalue weighted by molar-refractivity contribution is 6.32. The number of halogens is 3. The Morgan fingerprint density at radius 1 is 1.12 bits per heavy atom. The van der Waals surface area contributed by atoms with E-state index in [9.17, 15) is 13.6 Å². The first-order chi connectivity index (χ1) is 15.4. The normalized spacial score (nSPS) is 10.8. The van der Waals surface area contributed by atoms with Crippen molar-refractivity contribution in [3.63, 3.8) is 0 Å². The molecule has 2 heterocycles. The van der Waals surface area contributed by atoms with Crippen molar-refractivity contribution in [2.45, 2.75) is 0 Å². The third kappa shape index (κ3) is 4.08. The van der Waals surface area contributed by atoms with E-state index >= 15 is 0 Å². The highest BCUT2D eigenvalue weighted by Gasteiger charge is 2.20. The number of nitrogens with two attached hydrogens (primary N) is 1. The van der Waals surface area contributed by atoms with Gasteiger partial charge in [0.15, 0.2) is 5.82 Å². The van der Waals surface area contributed by atoms with Crippen LogP contribution in [0.4, 0.5) is 20.2 Å². The molecule has 0 radical (unpaired) electrons. The van der Waals surface area contributed by atoms with Crippen molar-refractivity contribution in [1.82, 2.24) is 20.0 Å². The first-order valence-electron chi connectivity index (χ1n) is 9.14. The summed E-state index contributed by atoms with van der Waals surface area (Å²) in [6.07, 6.45) is 4.27. The Bertz CT molecular complexity index is 1310. The molecule has 162 valence electrons. The molecule has 1 amide bonds. The van der Waals surface area contributed by atoms with Crippen molar-refractivity contribution in [3.8, 4) is 22.7 Å². The topological polar surface area (TPSA) is 108 Å². The fraction of sp³-hybridized carbons (Fsp3) is 0.0476. The van der Waals surface area contributed by atoms with Gasteiger partial charge in [-0.25, -0.2) is 13.8 Å². The van der Waals surface area contributed by atoms with Crippen molar-refractivity contribution in [3.05, 3.63) is 77.2 Å². The van der Waals surface area contributed by atoms with Gasteiger partial charge < -0.3 is 15.8 Å². The smallest absolute Gasteiger partial charge is 0.258 e. The number of amides is 1. The van der Waals surface area contributed by atoms with Crippen LogP contribution in [-0.4, -0.2) is 33.0 Å². The fourth-order valence-electron chi connectivity index (χ4n) is 3.06.